The average Bonchev–Trinajstić information content (AvgIpc) is 2.53. The maximum absolute atomic E-state index is 12.0. The molecule has 0 fully saturated rings. The van der Waals surface area contributed by atoms with Gasteiger partial charge in [-0.15, -0.1) is 0 Å². The molecule has 0 aliphatic carbocycles. The minimum atomic E-state index is -0.762. The van der Waals surface area contributed by atoms with Crippen molar-refractivity contribution >= 4 is 22.8 Å². The number of benzene rings is 1. The van der Waals surface area contributed by atoms with Crippen molar-refractivity contribution in [3.63, 3.8) is 0 Å². The third-order valence-corrected chi connectivity index (χ3v) is 3.37. The molecule has 0 bridgehead atoms. The van der Waals surface area contributed by atoms with Crippen LogP contribution in [-0.2, 0) is 9.53 Å². The third-order valence-electron chi connectivity index (χ3n) is 3.37. The molecule has 0 aliphatic heterocycles. The lowest BCUT2D eigenvalue weighted by Crippen LogP contribution is -2.30. The molecule has 1 aromatic heterocycles. The highest BCUT2D eigenvalue weighted by molar-refractivity contribution is 5.96. The SMILES string of the molecule is COCCNC(=O)c1cc2ccc(OC(=O)C(C)(C)C)cc2oc1=O. The Labute approximate surface area is 144 Å². The van der Waals surface area contributed by atoms with Gasteiger partial charge in [0.1, 0.15) is 16.9 Å². The Balaban J connectivity index is 2.27. The van der Waals surface area contributed by atoms with Gasteiger partial charge >= 0.3 is 11.6 Å². The Morgan fingerprint density at radius 3 is 2.56 bits per heavy atom. The van der Waals surface area contributed by atoms with Crippen LogP contribution in [0, 0.1) is 5.41 Å². The summed E-state index contributed by atoms with van der Waals surface area (Å²) in [4.78, 5) is 36.0. The van der Waals surface area contributed by atoms with Crippen LogP contribution in [0.15, 0.2) is 33.5 Å². The quantitative estimate of drug-likeness (QED) is 0.385. The topological polar surface area (TPSA) is 94.8 Å². The van der Waals surface area contributed by atoms with Gasteiger partial charge in [-0.1, -0.05) is 0 Å². The van der Waals surface area contributed by atoms with Gasteiger partial charge in [-0.3, -0.25) is 9.59 Å². The zero-order valence-corrected chi connectivity index (χ0v) is 14.7. The molecule has 0 aliphatic rings. The number of carbonyl (C=O) groups is 2. The molecule has 2 aromatic rings. The fourth-order valence-corrected chi connectivity index (χ4v) is 1.94. The first kappa shape index (κ1) is 18.7. The maximum Gasteiger partial charge on any atom is 0.349 e. The molecule has 7 heteroatoms. The molecule has 1 amide bonds. The molecule has 1 N–H and O–H groups in total. The lowest BCUT2D eigenvalue weighted by molar-refractivity contribution is -0.142. The number of amides is 1. The summed E-state index contributed by atoms with van der Waals surface area (Å²) < 4.78 is 15.3. The number of ether oxygens (including phenoxy) is 2. The number of rotatable bonds is 5. The highest BCUT2D eigenvalue weighted by Gasteiger charge is 2.24. The van der Waals surface area contributed by atoms with Crippen LogP contribution in [0.25, 0.3) is 11.0 Å². The van der Waals surface area contributed by atoms with Gasteiger partial charge in [0, 0.05) is 25.1 Å². The van der Waals surface area contributed by atoms with Crippen molar-refractivity contribution in [2.45, 2.75) is 20.8 Å². The first-order valence-corrected chi connectivity index (χ1v) is 7.79. The second kappa shape index (κ2) is 7.48. The second-order valence-electron chi connectivity index (χ2n) is 6.54. The number of nitrogens with one attached hydrogen (secondary N) is 1. The number of fused-ring (bicyclic) bond motifs is 1. The van der Waals surface area contributed by atoms with Gasteiger partial charge in [0.15, 0.2) is 0 Å². The minimum absolute atomic E-state index is 0.0944. The van der Waals surface area contributed by atoms with Crippen molar-refractivity contribution in [1.29, 1.82) is 0 Å². The highest BCUT2D eigenvalue weighted by Crippen LogP contribution is 2.23. The summed E-state index contributed by atoms with van der Waals surface area (Å²) in [6.07, 6.45) is 0. The summed E-state index contributed by atoms with van der Waals surface area (Å²) in [6.45, 7) is 5.85. The zero-order valence-electron chi connectivity index (χ0n) is 14.7. The lowest BCUT2D eigenvalue weighted by Gasteiger charge is -2.16. The molecule has 0 radical (unpaired) electrons. The molecule has 25 heavy (non-hydrogen) atoms. The molecule has 0 unspecified atom stereocenters. The Morgan fingerprint density at radius 2 is 1.92 bits per heavy atom. The summed E-state index contributed by atoms with van der Waals surface area (Å²) >= 11 is 0. The number of carbonyl (C=O) groups excluding carboxylic acids is 2. The fraction of sp³-hybridized carbons (Fsp3) is 0.389. The lowest BCUT2D eigenvalue weighted by atomic mass is 9.97. The van der Waals surface area contributed by atoms with Crippen LogP contribution in [0.4, 0.5) is 0 Å². The van der Waals surface area contributed by atoms with Crippen LogP contribution in [0.3, 0.4) is 0 Å². The van der Waals surface area contributed by atoms with Gasteiger partial charge in [-0.2, -0.15) is 0 Å². The van der Waals surface area contributed by atoms with Crippen LogP contribution >= 0.6 is 0 Å². The summed E-state index contributed by atoms with van der Waals surface area (Å²) in [5.74, 6) is -0.660. The van der Waals surface area contributed by atoms with Gasteiger partial charge in [0.25, 0.3) is 5.91 Å². The van der Waals surface area contributed by atoms with E-state index < -0.39 is 22.9 Å². The second-order valence-corrected chi connectivity index (χ2v) is 6.54. The van der Waals surface area contributed by atoms with Gasteiger partial charge in [-0.25, -0.2) is 4.79 Å². The molecule has 0 atom stereocenters. The molecule has 0 saturated carbocycles. The molecular weight excluding hydrogens is 326 g/mol. The minimum Gasteiger partial charge on any atom is -0.426 e. The highest BCUT2D eigenvalue weighted by atomic mass is 16.5. The Hall–Kier alpha value is -2.67. The third kappa shape index (κ3) is 4.67. The predicted octanol–water partition coefficient (Wildman–Crippen LogP) is 2.12. The first-order valence-electron chi connectivity index (χ1n) is 7.79. The van der Waals surface area contributed by atoms with Gasteiger partial charge in [0.2, 0.25) is 0 Å². The van der Waals surface area contributed by atoms with Crippen molar-refractivity contribution < 1.29 is 23.5 Å². The molecule has 1 aromatic carbocycles. The van der Waals surface area contributed by atoms with Crippen LogP contribution in [0.5, 0.6) is 5.75 Å². The zero-order chi connectivity index (χ0) is 18.6. The van der Waals surface area contributed by atoms with Crippen LogP contribution in [0.1, 0.15) is 31.1 Å². The Morgan fingerprint density at radius 1 is 1.20 bits per heavy atom. The summed E-state index contributed by atoms with van der Waals surface area (Å²) in [7, 11) is 1.51. The van der Waals surface area contributed by atoms with Crippen molar-refractivity contribution in [2.24, 2.45) is 5.41 Å². The van der Waals surface area contributed by atoms with Crippen LogP contribution < -0.4 is 15.7 Å². The number of methoxy groups -OCH3 is 1. The van der Waals surface area contributed by atoms with Crippen molar-refractivity contribution in [3.05, 3.63) is 40.2 Å². The van der Waals surface area contributed by atoms with E-state index in [0.717, 1.165) is 0 Å². The molecular formula is C18H21NO6. The van der Waals surface area contributed by atoms with E-state index in [0.29, 0.717) is 12.0 Å². The molecule has 2 rings (SSSR count). The molecule has 134 valence electrons. The van der Waals surface area contributed by atoms with E-state index in [-0.39, 0.29) is 23.4 Å². The van der Waals surface area contributed by atoms with E-state index in [1.54, 1.807) is 32.9 Å². The maximum atomic E-state index is 12.0. The first-order chi connectivity index (χ1) is 11.7. The normalized spacial score (nSPS) is 11.4. The molecule has 0 spiro atoms. The number of hydrogen-bond donors (Lipinski definition) is 1. The Bertz CT molecular complexity index is 847. The average molecular weight is 347 g/mol. The smallest absolute Gasteiger partial charge is 0.349 e. The van der Waals surface area contributed by atoms with Gasteiger partial charge in [-0.05, 0) is 39.0 Å². The Kier molecular flexibility index (Phi) is 5.58. The summed E-state index contributed by atoms with van der Waals surface area (Å²) in [5.41, 5.74) is -1.28. The molecule has 1 heterocycles. The van der Waals surface area contributed by atoms with Gasteiger partial charge in [0.05, 0.1) is 12.0 Å². The van der Waals surface area contributed by atoms with Crippen LogP contribution in [0.2, 0.25) is 0 Å². The van der Waals surface area contributed by atoms with E-state index in [2.05, 4.69) is 5.32 Å². The van der Waals surface area contributed by atoms with E-state index >= 15 is 0 Å². The van der Waals surface area contributed by atoms with Crippen molar-refractivity contribution in [2.75, 3.05) is 20.3 Å². The molecule has 7 nitrogen and oxygen atoms in total. The number of esters is 1. The largest absolute Gasteiger partial charge is 0.426 e. The summed E-state index contributed by atoms with van der Waals surface area (Å²) in [5, 5.41) is 3.11. The standard InChI is InChI=1S/C18H21NO6/c1-18(2,3)17(22)24-12-6-5-11-9-13(15(20)19-7-8-23-4)16(21)25-14(11)10-12/h5-6,9-10H,7-8H2,1-4H3,(H,19,20). The number of hydrogen-bond acceptors (Lipinski definition) is 6. The van der Waals surface area contributed by atoms with Gasteiger partial charge < -0.3 is 19.2 Å². The van der Waals surface area contributed by atoms with E-state index in [1.165, 1.54) is 19.2 Å². The van der Waals surface area contributed by atoms with E-state index in [9.17, 15) is 14.4 Å². The summed E-state index contributed by atoms with van der Waals surface area (Å²) in [6, 6.07) is 6.10. The van der Waals surface area contributed by atoms with Crippen LogP contribution in [-0.4, -0.2) is 32.1 Å². The fourth-order valence-electron chi connectivity index (χ4n) is 1.94. The van der Waals surface area contributed by atoms with Crippen molar-refractivity contribution in [1.82, 2.24) is 5.32 Å². The monoisotopic (exact) mass is 347 g/mol. The van der Waals surface area contributed by atoms with E-state index in [1.807, 2.05) is 0 Å². The van der Waals surface area contributed by atoms with E-state index in [4.69, 9.17) is 13.9 Å². The predicted molar refractivity (Wildman–Crippen MR) is 91.8 cm³/mol. The molecule has 0 saturated heterocycles. The van der Waals surface area contributed by atoms with Crippen molar-refractivity contribution in [3.8, 4) is 5.75 Å².